The number of rotatable bonds is 2. The van der Waals surface area contributed by atoms with E-state index >= 15 is 0 Å². The number of anilines is 2. The molecule has 0 saturated heterocycles. The van der Waals surface area contributed by atoms with Crippen molar-refractivity contribution >= 4 is 17.3 Å². The van der Waals surface area contributed by atoms with Crippen LogP contribution in [-0.4, -0.2) is 5.91 Å². The molecule has 82 valence electrons. The minimum Gasteiger partial charge on any atom is -0.472 e. The summed E-state index contributed by atoms with van der Waals surface area (Å²) in [5.74, 6) is -0.800. The zero-order valence-electron chi connectivity index (χ0n) is 8.24. The Labute approximate surface area is 90.9 Å². The van der Waals surface area contributed by atoms with E-state index in [1.165, 1.54) is 30.7 Å². The Morgan fingerprint density at radius 2 is 2.19 bits per heavy atom. The van der Waals surface area contributed by atoms with E-state index < -0.39 is 5.82 Å². The fourth-order valence-corrected chi connectivity index (χ4v) is 1.24. The standard InChI is InChI=1S/C11H9FN2O2/c12-8-1-2-10(9(13)5-8)14-11(15)7-3-4-16-6-7/h1-6H,13H2,(H,14,15). The summed E-state index contributed by atoms with van der Waals surface area (Å²) < 4.78 is 17.5. The van der Waals surface area contributed by atoms with Gasteiger partial charge in [-0.05, 0) is 24.3 Å². The van der Waals surface area contributed by atoms with Crippen LogP contribution in [0.3, 0.4) is 0 Å². The number of hydrogen-bond acceptors (Lipinski definition) is 3. The molecule has 1 aromatic carbocycles. The van der Waals surface area contributed by atoms with Crippen molar-refractivity contribution < 1.29 is 13.6 Å². The molecular formula is C11H9FN2O2. The molecule has 0 aliphatic rings. The molecule has 0 aliphatic carbocycles. The quantitative estimate of drug-likeness (QED) is 0.762. The number of nitrogens with two attached hydrogens (primary N) is 1. The SMILES string of the molecule is Nc1cc(F)ccc1NC(=O)c1ccoc1. The molecular weight excluding hydrogens is 211 g/mol. The number of nitrogen functional groups attached to an aromatic ring is 1. The summed E-state index contributed by atoms with van der Waals surface area (Å²) in [5.41, 5.74) is 6.47. The van der Waals surface area contributed by atoms with Gasteiger partial charge in [0.15, 0.2) is 0 Å². The van der Waals surface area contributed by atoms with Gasteiger partial charge >= 0.3 is 0 Å². The molecule has 0 bridgehead atoms. The monoisotopic (exact) mass is 220 g/mol. The molecule has 16 heavy (non-hydrogen) atoms. The summed E-state index contributed by atoms with van der Waals surface area (Å²) in [5, 5.41) is 2.55. The van der Waals surface area contributed by atoms with E-state index in [0.29, 0.717) is 11.3 Å². The molecule has 2 rings (SSSR count). The zero-order valence-corrected chi connectivity index (χ0v) is 8.24. The van der Waals surface area contributed by atoms with Gasteiger partial charge in [-0.1, -0.05) is 0 Å². The Morgan fingerprint density at radius 1 is 1.38 bits per heavy atom. The first-order valence-corrected chi connectivity index (χ1v) is 4.55. The Balaban J connectivity index is 2.18. The van der Waals surface area contributed by atoms with Crippen molar-refractivity contribution in [2.24, 2.45) is 0 Å². The van der Waals surface area contributed by atoms with Crippen LogP contribution in [0.5, 0.6) is 0 Å². The lowest BCUT2D eigenvalue weighted by Crippen LogP contribution is -2.12. The van der Waals surface area contributed by atoms with Crippen LogP contribution >= 0.6 is 0 Å². The number of hydrogen-bond donors (Lipinski definition) is 2. The van der Waals surface area contributed by atoms with Gasteiger partial charge in [0.2, 0.25) is 0 Å². The van der Waals surface area contributed by atoms with Gasteiger partial charge in [0.1, 0.15) is 12.1 Å². The van der Waals surface area contributed by atoms with Crippen molar-refractivity contribution in [3.05, 3.63) is 48.2 Å². The third-order valence-electron chi connectivity index (χ3n) is 2.05. The summed E-state index contributed by atoms with van der Waals surface area (Å²) in [7, 11) is 0. The van der Waals surface area contributed by atoms with E-state index in [1.54, 1.807) is 0 Å². The second-order valence-electron chi connectivity index (χ2n) is 3.20. The number of furan rings is 1. The molecule has 1 amide bonds. The summed E-state index contributed by atoms with van der Waals surface area (Å²) in [6, 6.07) is 5.30. The summed E-state index contributed by atoms with van der Waals surface area (Å²) >= 11 is 0. The Hall–Kier alpha value is -2.30. The van der Waals surface area contributed by atoms with E-state index in [2.05, 4.69) is 5.32 Å². The van der Waals surface area contributed by atoms with Gasteiger partial charge in [0.05, 0.1) is 23.2 Å². The molecule has 0 saturated carbocycles. The van der Waals surface area contributed by atoms with Crippen LogP contribution in [0.25, 0.3) is 0 Å². The topological polar surface area (TPSA) is 68.3 Å². The van der Waals surface area contributed by atoms with Gasteiger partial charge in [-0.15, -0.1) is 0 Å². The predicted octanol–water partition coefficient (Wildman–Crippen LogP) is 2.25. The molecule has 0 spiro atoms. The third kappa shape index (κ3) is 2.03. The average molecular weight is 220 g/mol. The maximum atomic E-state index is 12.8. The van der Waals surface area contributed by atoms with Crippen LogP contribution in [0.2, 0.25) is 0 Å². The maximum absolute atomic E-state index is 12.8. The van der Waals surface area contributed by atoms with E-state index in [-0.39, 0.29) is 11.6 Å². The highest BCUT2D eigenvalue weighted by Gasteiger charge is 2.09. The molecule has 4 nitrogen and oxygen atoms in total. The zero-order chi connectivity index (χ0) is 11.5. The molecule has 1 aromatic heterocycles. The van der Waals surface area contributed by atoms with Crippen molar-refractivity contribution in [1.82, 2.24) is 0 Å². The first-order chi connectivity index (χ1) is 7.66. The first-order valence-electron chi connectivity index (χ1n) is 4.55. The van der Waals surface area contributed by atoms with Gasteiger partial charge in [0, 0.05) is 0 Å². The molecule has 5 heteroatoms. The van der Waals surface area contributed by atoms with Gasteiger partial charge in [-0.2, -0.15) is 0 Å². The molecule has 0 radical (unpaired) electrons. The predicted molar refractivity (Wildman–Crippen MR) is 57.5 cm³/mol. The lowest BCUT2D eigenvalue weighted by molar-refractivity contribution is 0.102. The second kappa shape index (κ2) is 4.06. The van der Waals surface area contributed by atoms with E-state index in [0.717, 1.165) is 6.07 Å². The van der Waals surface area contributed by atoms with Gasteiger partial charge < -0.3 is 15.5 Å². The van der Waals surface area contributed by atoms with E-state index in [9.17, 15) is 9.18 Å². The van der Waals surface area contributed by atoms with Crippen molar-refractivity contribution in [2.45, 2.75) is 0 Å². The highest BCUT2D eigenvalue weighted by molar-refractivity contribution is 6.05. The number of benzene rings is 1. The van der Waals surface area contributed by atoms with Crippen molar-refractivity contribution in [1.29, 1.82) is 0 Å². The average Bonchev–Trinajstić information content (AvgIpc) is 2.75. The van der Waals surface area contributed by atoms with Crippen LogP contribution in [0, 0.1) is 5.82 Å². The maximum Gasteiger partial charge on any atom is 0.258 e. The smallest absolute Gasteiger partial charge is 0.258 e. The number of nitrogens with one attached hydrogen (secondary N) is 1. The van der Waals surface area contributed by atoms with Crippen molar-refractivity contribution in [2.75, 3.05) is 11.1 Å². The highest BCUT2D eigenvalue weighted by Crippen LogP contribution is 2.19. The van der Waals surface area contributed by atoms with E-state index in [1.807, 2.05) is 0 Å². The highest BCUT2D eigenvalue weighted by atomic mass is 19.1. The van der Waals surface area contributed by atoms with Crippen molar-refractivity contribution in [3.63, 3.8) is 0 Å². The number of amides is 1. The summed E-state index contributed by atoms with van der Waals surface area (Å²) in [6.07, 6.45) is 2.71. The molecule has 2 aromatic rings. The third-order valence-corrected chi connectivity index (χ3v) is 2.05. The Kier molecular flexibility index (Phi) is 2.59. The van der Waals surface area contributed by atoms with Crippen molar-refractivity contribution in [3.8, 4) is 0 Å². The lowest BCUT2D eigenvalue weighted by atomic mass is 10.2. The molecule has 0 aliphatic heterocycles. The number of carbonyl (C=O) groups excluding carboxylic acids is 1. The van der Waals surface area contributed by atoms with Gasteiger partial charge in [-0.25, -0.2) is 4.39 Å². The summed E-state index contributed by atoms with van der Waals surface area (Å²) in [6.45, 7) is 0. The first kappa shape index (κ1) is 10.2. The molecule has 0 atom stereocenters. The molecule has 0 unspecified atom stereocenters. The Morgan fingerprint density at radius 3 is 2.81 bits per heavy atom. The van der Waals surface area contributed by atoms with Crippen LogP contribution < -0.4 is 11.1 Å². The summed E-state index contributed by atoms with van der Waals surface area (Å²) in [4.78, 5) is 11.6. The van der Waals surface area contributed by atoms with E-state index in [4.69, 9.17) is 10.2 Å². The van der Waals surface area contributed by atoms with Gasteiger partial charge in [-0.3, -0.25) is 4.79 Å². The van der Waals surface area contributed by atoms with Crippen LogP contribution in [0.4, 0.5) is 15.8 Å². The minimum atomic E-state index is -0.446. The largest absolute Gasteiger partial charge is 0.472 e. The van der Waals surface area contributed by atoms with Crippen LogP contribution in [0.1, 0.15) is 10.4 Å². The fourth-order valence-electron chi connectivity index (χ4n) is 1.24. The molecule has 3 N–H and O–H groups in total. The second-order valence-corrected chi connectivity index (χ2v) is 3.20. The van der Waals surface area contributed by atoms with Crippen LogP contribution in [-0.2, 0) is 0 Å². The molecule has 0 fully saturated rings. The van der Waals surface area contributed by atoms with Crippen LogP contribution in [0.15, 0.2) is 41.2 Å². The fraction of sp³-hybridized carbons (Fsp3) is 0. The normalized spacial score (nSPS) is 10.1. The Bertz CT molecular complexity index is 509. The lowest BCUT2D eigenvalue weighted by Gasteiger charge is -2.06. The minimum absolute atomic E-state index is 0.178. The molecule has 1 heterocycles. The van der Waals surface area contributed by atoms with Gasteiger partial charge in [0.25, 0.3) is 5.91 Å². The number of halogens is 1. The number of carbonyl (C=O) groups is 1.